The first-order valence-electron chi connectivity index (χ1n) is 5.48. The molecule has 1 N–H and O–H groups in total. The topological polar surface area (TPSA) is 12.0 Å². The van der Waals surface area contributed by atoms with Crippen LogP contribution in [0.3, 0.4) is 0 Å². The molecule has 1 rings (SSSR count). The van der Waals surface area contributed by atoms with Gasteiger partial charge in [-0.1, -0.05) is 30.7 Å². The molecular formula is C13H17ClFN. The SMILES string of the molecule is C=CCC(NCCC)c1ccc(Cl)c(F)c1. The average molecular weight is 242 g/mol. The third-order valence-electron chi connectivity index (χ3n) is 2.39. The number of hydrogen-bond donors (Lipinski definition) is 1. The molecule has 0 aromatic heterocycles. The van der Waals surface area contributed by atoms with Crippen molar-refractivity contribution in [1.82, 2.24) is 5.32 Å². The molecule has 0 fully saturated rings. The van der Waals surface area contributed by atoms with Crippen LogP contribution in [0.15, 0.2) is 30.9 Å². The monoisotopic (exact) mass is 241 g/mol. The van der Waals surface area contributed by atoms with Crippen LogP contribution in [-0.4, -0.2) is 6.54 Å². The smallest absolute Gasteiger partial charge is 0.142 e. The van der Waals surface area contributed by atoms with Crippen LogP contribution in [0.2, 0.25) is 5.02 Å². The Kier molecular flexibility index (Phi) is 5.50. The Morgan fingerprint density at radius 3 is 2.88 bits per heavy atom. The largest absolute Gasteiger partial charge is 0.310 e. The highest BCUT2D eigenvalue weighted by atomic mass is 35.5. The Balaban J connectivity index is 2.82. The maximum atomic E-state index is 13.3. The number of benzene rings is 1. The van der Waals surface area contributed by atoms with Gasteiger partial charge in [-0.15, -0.1) is 6.58 Å². The van der Waals surface area contributed by atoms with Crippen LogP contribution in [-0.2, 0) is 0 Å². The van der Waals surface area contributed by atoms with Crippen LogP contribution in [0.4, 0.5) is 4.39 Å². The zero-order valence-electron chi connectivity index (χ0n) is 9.47. The molecule has 0 amide bonds. The summed E-state index contributed by atoms with van der Waals surface area (Å²) in [5, 5.41) is 3.52. The van der Waals surface area contributed by atoms with E-state index in [9.17, 15) is 4.39 Å². The van der Waals surface area contributed by atoms with Crippen LogP contribution < -0.4 is 5.32 Å². The lowest BCUT2D eigenvalue weighted by atomic mass is 10.0. The third-order valence-corrected chi connectivity index (χ3v) is 2.70. The molecule has 0 spiro atoms. The fourth-order valence-electron chi connectivity index (χ4n) is 1.55. The van der Waals surface area contributed by atoms with Gasteiger partial charge in [0, 0.05) is 6.04 Å². The average Bonchev–Trinajstić information content (AvgIpc) is 2.28. The molecule has 1 aromatic carbocycles. The Labute approximate surface area is 101 Å². The van der Waals surface area contributed by atoms with Gasteiger partial charge in [-0.3, -0.25) is 0 Å². The van der Waals surface area contributed by atoms with Gasteiger partial charge < -0.3 is 5.32 Å². The van der Waals surface area contributed by atoms with Crippen molar-refractivity contribution in [3.05, 3.63) is 47.3 Å². The van der Waals surface area contributed by atoms with Crippen LogP contribution in [0.25, 0.3) is 0 Å². The highest BCUT2D eigenvalue weighted by Crippen LogP contribution is 2.22. The molecule has 1 unspecified atom stereocenters. The second-order valence-corrected chi connectivity index (χ2v) is 4.11. The predicted octanol–water partition coefficient (Wildman–Crippen LogP) is 4.10. The first-order chi connectivity index (χ1) is 7.69. The molecule has 0 heterocycles. The Morgan fingerprint density at radius 1 is 1.56 bits per heavy atom. The van der Waals surface area contributed by atoms with Crippen molar-refractivity contribution >= 4 is 11.6 Å². The summed E-state index contributed by atoms with van der Waals surface area (Å²) in [6.07, 6.45) is 3.66. The lowest BCUT2D eigenvalue weighted by molar-refractivity contribution is 0.532. The Morgan fingerprint density at radius 2 is 2.31 bits per heavy atom. The number of rotatable bonds is 6. The van der Waals surface area contributed by atoms with Crippen molar-refractivity contribution in [2.75, 3.05) is 6.54 Å². The van der Waals surface area contributed by atoms with E-state index >= 15 is 0 Å². The Bertz CT molecular complexity index is 352. The second-order valence-electron chi connectivity index (χ2n) is 3.70. The number of nitrogens with one attached hydrogen (secondary N) is 1. The minimum absolute atomic E-state index is 0.115. The summed E-state index contributed by atoms with van der Waals surface area (Å²) in [4.78, 5) is 0. The molecule has 0 saturated heterocycles. The van der Waals surface area contributed by atoms with E-state index in [1.165, 1.54) is 6.07 Å². The van der Waals surface area contributed by atoms with E-state index < -0.39 is 0 Å². The Hall–Kier alpha value is -0.860. The molecule has 1 nitrogen and oxygen atoms in total. The van der Waals surface area contributed by atoms with Gasteiger partial charge in [-0.25, -0.2) is 4.39 Å². The van der Waals surface area contributed by atoms with Crippen molar-refractivity contribution in [2.24, 2.45) is 0 Å². The predicted molar refractivity (Wildman–Crippen MR) is 67.3 cm³/mol. The zero-order valence-corrected chi connectivity index (χ0v) is 10.2. The molecule has 88 valence electrons. The van der Waals surface area contributed by atoms with Crippen molar-refractivity contribution in [2.45, 2.75) is 25.8 Å². The lowest BCUT2D eigenvalue weighted by Crippen LogP contribution is -2.21. The molecule has 0 aliphatic carbocycles. The summed E-state index contributed by atoms with van der Waals surface area (Å²) in [6.45, 7) is 6.72. The molecule has 0 saturated carbocycles. The fraction of sp³-hybridized carbons (Fsp3) is 0.385. The molecule has 16 heavy (non-hydrogen) atoms. The van der Waals surface area contributed by atoms with Crippen LogP contribution >= 0.6 is 11.6 Å². The first-order valence-corrected chi connectivity index (χ1v) is 5.86. The van der Waals surface area contributed by atoms with Gasteiger partial charge in [0.1, 0.15) is 5.82 Å². The molecule has 0 radical (unpaired) electrons. The standard InChI is InChI=1S/C13H17ClFN/c1-3-5-13(16-8-4-2)10-6-7-11(14)12(15)9-10/h3,6-7,9,13,16H,1,4-5,8H2,2H3. The second kappa shape index (κ2) is 6.66. The summed E-state index contributed by atoms with van der Waals surface area (Å²) in [5.41, 5.74) is 0.912. The molecule has 0 aliphatic heterocycles. The van der Waals surface area contributed by atoms with Crippen LogP contribution in [0, 0.1) is 5.82 Å². The van der Waals surface area contributed by atoms with Crippen molar-refractivity contribution in [1.29, 1.82) is 0 Å². The van der Waals surface area contributed by atoms with E-state index in [2.05, 4.69) is 18.8 Å². The minimum atomic E-state index is -0.369. The van der Waals surface area contributed by atoms with E-state index in [0.717, 1.165) is 24.9 Å². The molecule has 0 bridgehead atoms. The quantitative estimate of drug-likeness (QED) is 0.740. The summed E-state index contributed by atoms with van der Waals surface area (Å²) >= 11 is 5.65. The van der Waals surface area contributed by atoms with Gasteiger partial charge in [0.15, 0.2) is 0 Å². The van der Waals surface area contributed by atoms with E-state index in [1.54, 1.807) is 6.07 Å². The maximum Gasteiger partial charge on any atom is 0.142 e. The van der Waals surface area contributed by atoms with Gasteiger partial charge in [0.2, 0.25) is 0 Å². The highest BCUT2D eigenvalue weighted by Gasteiger charge is 2.10. The van der Waals surface area contributed by atoms with Gasteiger partial charge >= 0.3 is 0 Å². The number of hydrogen-bond acceptors (Lipinski definition) is 1. The molecule has 3 heteroatoms. The molecule has 1 aromatic rings. The van der Waals surface area contributed by atoms with Gasteiger partial charge in [-0.2, -0.15) is 0 Å². The van der Waals surface area contributed by atoms with E-state index in [1.807, 2.05) is 12.1 Å². The van der Waals surface area contributed by atoms with E-state index in [0.29, 0.717) is 0 Å². The number of halogens is 2. The van der Waals surface area contributed by atoms with Gasteiger partial charge in [0.05, 0.1) is 5.02 Å². The normalized spacial score (nSPS) is 12.4. The summed E-state index contributed by atoms with van der Waals surface area (Å²) in [6, 6.07) is 5.04. The molecular weight excluding hydrogens is 225 g/mol. The minimum Gasteiger partial charge on any atom is -0.310 e. The first kappa shape index (κ1) is 13.2. The summed E-state index contributed by atoms with van der Waals surface area (Å²) in [7, 11) is 0. The van der Waals surface area contributed by atoms with Gasteiger partial charge in [-0.05, 0) is 37.1 Å². The molecule has 0 aliphatic rings. The summed E-state index contributed by atoms with van der Waals surface area (Å²) < 4.78 is 13.3. The molecule has 1 atom stereocenters. The maximum absolute atomic E-state index is 13.3. The van der Waals surface area contributed by atoms with Gasteiger partial charge in [0.25, 0.3) is 0 Å². The van der Waals surface area contributed by atoms with Crippen LogP contribution in [0.1, 0.15) is 31.4 Å². The fourth-order valence-corrected chi connectivity index (χ4v) is 1.67. The van der Waals surface area contributed by atoms with E-state index in [4.69, 9.17) is 11.6 Å². The van der Waals surface area contributed by atoms with E-state index in [-0.39, 0.29) is 16.9 Å². The van der Waals surface area contributed by atoms with Crippen molar-refractivity contribution < 1.29 is 4.39 Å². The third kappa shape index (κ3) is 3.62. The summed E-state index contributed by atoms with van der Waals surface area (Å²) in [5.74, 6) is -0.369. The van der Waals surface area contributed by atoms with Crippen LogP contribution in [0.5, 0.6) is 0 Å². The van der Waals surface area contributed by atoms with Crippen molar-refractivity contribution in [3.8, 4) is 0 Å². The lowest BCUT2D eigenvalue weighted by Gasteiger charge is -2.17. The zero-order chi connectivity index (χ0) is 12.0. The van der Waals surface area contributed by atoms with Crippen molar-refractivity contribution in [3.63, 3.8) is 0 Å². The highest BCUT2D eigenvalue weighted by molar-refractivity contribution is 6.30.